The Morgan fingerprint density at radius 2 is 2.00 bits per heavy atom. The largest absolute Gasteiger partial charge is 0.386 e. The summed E-state index contributed by atoms with van der Waals surface area (Å²) in [6.07, 6.45) is 1.32. The number of nitriles is 1. The fourth-order valence-electron chi connectivity index (χ4n) is 1.79. The number of halogens is 2. The van der Waals surface area contributed by atoms with Gasteiger partial charge in [0.1, 0.15) is 17.5 Å². The van der Waals surface area contributed by atoms with Crippen LogP contribution in [0.4, 0.5) is 10.1 Å². The highest BCUT2D eigenvalue weighted by Gasteiger charge is 2.09. The van der Waals surface area contributed by atoms with Gasteiger partial charge in [0.2, 0.25) is 0 Å². The monoisotopic (exact) mass is 329 g/mol. The molecule has 0 aliphatic heterocycles. The minimum Gasteiger partial charge on any atom is -0.386 e. The van der Waals surface area contributed by atoms with Gasteiger partial charge in [-0.2, -0.15) is 5.26 Å². The standard InChI is InChI=1S/C17H13ClFN3O/c18-14-2-1-3-16(8-14)22-17(23)13(9-20)11-21-10-12-4-6-15(19)7-5-12/h1-8,11,21H,10H2,(H,22,23)/b13-11-. The molecule has 0 aliphatic rings. The predicted molar refractivity (Wildman–Crippen MR) is 87.0 cm³/mol. The maximum atomic E-state index is 12.8. The number of nitrogens with zero attached hydrogens (tertiary/aromatic N) is 1. The summed E-state index contributed by atoms with van der Waals surface area (Å²) in [5, 5.41) is 15.0. The van der Waals surface area contributed by atoms with Gasteiger partial charge in [-0.05, 0) is 35.9 Å². The average Bonchev–Trinajstić information content (AvgIpc) is 2.53. The average molecular weight is 330 g/mol. The van der Waals surface area contributed by atoms with Crippen LogP contribution in [0.3, 0.4) is 0 Å². The molecule has 4 nitrogen and oxygen atoms in total. The van der Waals surface area contributed by atoms with E-state index >= 15 is 0 Å². The number of hydrogen-bond donors (Lipinski definition) is 2. The second-order valence-corrected chi connectivity index (χ2v) is 5.08. The third kappa shape index (κ3) is 5.13. The molecule has 0 aliphatic carbocycles. The molecule has 2 aromatic rings. The molecule has 0 atom stereocenters. The van der Waals surface area contributed by atoms with E-state index in [4.69, 9.17) is 16.9 Å². The fraction of sp³-hybridized carbons (Fsp3) is 0.0588. The van der Waals surface area contributed by atoms with Crippen LogP contribution in [0, 0.1) is 17.1 Å². The van der Waals surface area contributed by atoms with Crippen molar-refractivity contribution in [2.45, 2.75) is 6.54 Å². The highest BCUT2D eigenvalue weighted by Crippen LogP contribution is 2.15. The first kappa shape index (κ1) is 16.5. The Bertz CT molecular complexity index is 766. The van der Waals surface area contributed by atoms with Crippen molar-refractivity contribution in [3.63, 3.8) is 0 Å². The lowest BCUT2D eigenvalue weighted by molar-refractivity contribution is -0.112. The molecule has 0 heterocycles. The molecular weight excluding hydrogens is 317 g/mol. The van der Waals surface area contributed by atoms with E-state index in [1.54, 1.807) is 36.4 Å². The normalized spacial score (nSPS) is 10.7. The number of benzene rings is 2. The summed E-state index contributed by atoms with van der Waals surface area (Å²) in [6, 6.07) is 14.4. The van der Waals surface area contributed by atoms with Crippen LogP contribution in [0.1, 0.15) is 5.56 Å². The summed E-state index contributed by atoms with van der Waals surface area (Å²) >= 11 is 5.83. The molecule has 0 aromatic heterocycles. The first-order chi connectivity index (χ1) is 11.1. The van der Waals surface area contributed by atoms with Crippen LogP contribution in [0.5, 0.6) is 0 Å². The SMILES string of the molecule is N#C/C(=C/NCc1ccc(F)cc1)C(=O)Nc1cccc(Cl)c1. The summed E-state index contributed by atoms with van der Waals surface area (Å²) in [4.78, 5) is 12.0. The zero-order chi connectivity index (χ0) is 16.7. The number of nitrogens with one attached hydrogen (secondary N) is 2. The highest BCUT2D eigenvalue weighted by molar-refractivity contribution is 6.31. The second kappa shape index (κ2) is 7.97. The maximum absolute atomic E-state index is 12.8. The molecule has 0 bridgehead atoms. The number of amides is 1. The Hall–Kier alpha value is -2.84. The van der Waals surface area contributed by atoms with Gasteiger partial charge >= 0.3 is 0 Å². The van der Waals surface area contributed by atoms with E-state index in [2.05, 4.69) is 10.6 Å². The number of hydrogen-bond acceptors (Lipinski definition) is 3. The fourth-order valence-corrected chi connectivity index (χ4v) is 1.98. The van der Waals surface area contributed by atoms with Crippen molar-refractivity contribution >= 4 is 23.2 Å². The topological polar surface area (TPSA) is 64.9 Å². The van der Waals surface area contributed by atoms with Gasteiger partial charge in [-0.1, -0.05) is 29.8 Å². The van der Waals surface area contributed by atoms with E-state index in [9.17, 15) is 9.18 Å². The van der Waals surface area contributed by atoms with E-state index < -0.39 is 5.91 Å². The van der Waals surface area contributed by atoms with E-state index in [0.29, 0.717) is 17.3 Å². The molecule has 2 rings (SSSR count). The first-order valence-electron chi connectivity index (χ1n) is 6.73. The van der Waals surface area contributed by atoms with Gasteiger partial charge in [0.05, 0.1) is 0 Å². The molecule has 2 aromatic carbocycles. The van der Waals surface area contributed by atoms with Crippen LogP contribution >= 0.6 is 11.6 Å². The van der Waals surface area contributed by atoms with Crippen molar-refractivity contribution in [1.29, 1.82) is 5.26 Å². The predicted octanol–water partition coefficient (Wildman–Crippen LogP) is 3.61. The van der Waals surface area contributed by atoms with Gasteiger partial charge in [-0.15, -0.1) is 0 Å². The molecular formula is C17H13ClFN3O. The molecule has 0 unspecified atom stereocenters. The van der Waals surface area contributed by atoms with E-state index in [1.807, 2.05) is 6.07 Å². The van der Waals surface area contributed by atoms with Crippen molar-refractivity contribution in [2.75, 3.05) is 5.32 Å². The highest BCUT2D eigenvalue weighted by atomic mass is 35.5. The quantitative estimate of drug-likeness (QED) is 0.650. The van der Waals surface area contributed by atoms with Gasteiger partial charge in [-0.3, -0.25) is 4.79 Å². The van der Waals surface area contributed by atoms with Gasteiger partial charge in [-0.25, -0.2) is 4.39 Å². The van der Waals surface area contributed by atoms with Gasteiger partial charge < -0.3 is 10.6 Å². The Morgan fingerprint density at radius 3 is 2.65 bits per heavy atom. The van der Waals surface area contributed by atoms with Gasteiger partial charge in [0.15, 0.2) is 0 Å². The molecule has 0 fully saturated rings. The van der Waals surface area contributed by atoms with E-state index in [1.165, 1.54) is 18.3 Å². The first-order valence-corrected chi connectivity index (χ1v) is 7.11. The third-order valence-corrected chi connectivity index (χ3v) is 3.15. The molecule has 0 spiro atoms. The van der Waals surface area contributed by atoms with Crippen molar-refractivity contribution < 1.29 is 9.18 Å². The Labute approximate surface area is 138 Å². The van der Waals surface area contributed by atoms with Gasteiger partial charge in [0, 0.05) is 23.5 Å². The van der Waals surface area contributed by atoms with Crippen LogP contribution in [0.25, 0.3) is 0 Å². The van der Waals surface area contributed by atoms with Crippen LogP contribution in [-0.4, -0.2) is 5.91 Å². The van der Waals surface area contributed by atoms with Crippen LogP contribution in [0.2, 0.25) is 5.02 Å². The zero-order valence-electron chi connectivity index (χ0n) is 12.0. The Morgan fingerprint density at radius 1 is 1.26 bits per heavy atom. The van der Waals surface area contributed by atoms with E-state index in [0.717, 1.165) is 5.56 Å². The van der Waals surface area contributed by atoms with Crippen molar-refractivity contribution in [3.8, 4) is 6.07 Å². The lowest BCUT2D eigenvalue weighted by Crippen LogP contribution is -2.16. The molecule has 0 saturated heterocycles. The minimum absolute atomic E-state index is 0.0768. The summed E-state index contributed by atoms with van der Waals surface area (Å²) in [5.74, 6) is -0.857. The van der Waals surface area contributed by atoms with Crippen LogP contribution < -0.4 is 10.6 Å². The minimum atomic E-state index is -0.540. The molecule has 0 radical (unpaired) electrons. The molecule has 6 heteroatoms. The summed E-state index contributed by atoms with van der Waals surface area (Å²) in [6.45, 7) is 0.371. The van der Waals surface area contributed by atoms with Crippen LogP contribution in [0.15, 0.2) is 60.3 Å². The number of carbonyl (C=O) groups excluding carboxylic acids is 1. The van der Waals surface area contributed by atoms with Crippen LogP contribution in [-0.2, 0) is 11.3 Å². The number of rotatable bonds is 5. The summed E-state index contributed by atoms with van der Waals surface area (Å²) in [7, 11) is 0. The van der Waals surface area contributed by atoms with Crippen molar-refractivity contribution in [3.05, 3.63) is 76.7 Å². The number of anilines is 1. The molecule has 116 valence electrons. The summed E-state index contributed by atoms with van der Waals surface area (Å²) in [5.41, 5.74) is 1.25. The maximum Gasteiger partial charge on any atom is 0.267 e. The van der Waals surface area contributed by atoms with Crippen molar-refractivity contribution in [1.82, 2.24) is 5.32 Å². The lowest BCUT2D eigenvalue weighted by atomic mass is 10.2. The van der Waals surface area contributed by atoms with Gasteiger partial charge in [0.25, 0.3) is 5.91 Å². The molecule has 23 heavy (non-hydrogen) atoms. The molecule has 1 amide bonds. The zero-order valence-corrected chi connectivity index (χ0v) is 12.8. The third-order valence-electron chi connectivity index (χ3n) is 2.91. The Balaban J connectivity index is 1.96. The van der Waals surface area contributed by atoms with Crippen molar-refractivity contribution in [2.24, 2.45) is 0 Å². The molecule has 2 N–H and O–H groups in total. The Kier molecular flexibility index (Phi) is 5.73. The lowest BCUT2D eigenvalue weighted by Gasteiger charge is -2.05. The number of carbonyl (C=O) groups is 1. The van der Waals surface area contributed by atoms with E-state index in [-0.39, 0.29) is 11.4 Å². The summed E-state index contributed by atoms with van der Waals surface area (Å²) < 4.78 is 12.8. The smallest absolute Gasteiger partial charge is 0.267 e. The molecule has 0 saturated carbocycles. The second-order valence-electron chi connectivity index (χ2n) is 4.64.